The Morgan fingerprint density at radius 3 is 2.32 bits per heavy atom. The largest absolute Gasteiger partial charge is 0.480 e. The fourth-order valence-corrected chi connectivity index (χ4v) is 4.13. The van der Waals surface area contributed by atoms with E-state index in [0.29, 0.717) is 18.7 Å². The van der Waals surface area contributed by atoms with Crippen molar-refractivity contribution in [1.82, 2.24) is 21.3 Å². The number of carboxylic acid groups (broad SMARTS) is 1. The van der Waals surface area contributed by atoms with Crippen LogP contribution in [0.25, 0.3) is 0 Å². The molecular weight excluding hydrogens is 460 g/mol. The van der Waals surface area contributed by atoms with Crippen molar-refractivity contribution in [3.05, 3.63) is 35.9 Å². The van der Waals surface area contributed by atoms with Crippen LogP contribution in [0.5, 0.6) is 0 Å². The van der Waals surface area contributed by atoms with Crippen molar-refractivity contribution in [3.63, 3.8) is 0 Å². The number of amides is 3. The van der Waals surface area contributed by atoms with Crippen LogP contribution in [0.2, 0.25) is 0 Å². The number of carbonyl (C=O) groups excluding carboxylic acids is 3. The van der Waals surface area contributed by atoms with Gasteiger partial charge in [0.2, 0.25) is 17.7 Å². The van der Waals surface area contributed by atoms with E-state index in [4.69, 9.17) is 0 Å². The van der Waals surface area contributed by atoms with Gasteiger partial charge < -0.3 is 31.5 Å². The van der Waals surface area contributed by atoms with Crippen LogP contribution >= 0.6 is 11.8 Å². The van der Waals surface area contributed by atoms with E-state index in [0.717, 1.165) is 12.0 Å². The topological polar surface area (TPSA) is 157 Å². The monoisotopic (exact) mass is 494 g/mol. The Hall–Kier alpha value is -2.63. The lowest BCUT2D eigenvalue weighted by Gasteiger charge is -2.26. The molecule has 1 aliphatic rings. The van der Waals surface area contributed by atoms with Crippen LogP contribution < -0.4 is 21.3 Å². The van der Waals surface area contributed by atoms with Crippen LogP contribution in [0.1, 0.15) is 31.7 Å². The van der Waals surface area contributed by atoms with Crippen molar-refractivity contribution < 1.29 is 29.4 Å². The van der Waals surface area contributed by atoms with E-state index in [1.54, 1.807) is 24.3 Å². The first-order valence-electron chi connectivity index (χ1n) is 11.3. The van der Waals surface area contributed by atoms with Crippen molar-refractivity contribution in [2.24, 2.45) is 0 Å². The second-order valence-electron chi connectivity index (χ2n) is 8.31. The summed E-state index contributed by atoms with van der Waals surface area (Å²) in [6, 6.07) is 5.02. The third-order valence-corrected chi connectivity index (χ3v) is 6.22. The highest BCUT2D eigenvalue weighted by Crippen LogP contribution is 2.08. The highest BCUT2D eigenvalue weighted by atomic mass is 32.2. The lowest BCUT2D eigenvalue weighted by molar-refractivity contribution is -0.142. The van der Waals surface area contributed by atoms with Gasteiger partial charge in [-0.3, -0.25) is 14.4 Å². The highest BCUT2D eigenvalue weighted by molar-refractivity contribution is 7.98. The lowest BCUT2D eigenvalue weighted by atomic mass is 10.0. The molecular formula is C23H34N4O6S. The third kappa shape index (κ3) is 8.62. The number of aliphatic carboxylic acids is 1. The third-order valence-electron chi connectivity index (χ3n) is 5.58. The van der Waals surface area contributed by atoms with Crippen LogP contribution in [0, 0.1) is 0 Å². The Bertz CT molecular complexity index is 832. The number of hydrogen-bond donors (Lipinski definition) is 6. The number of hydrogen-bond acceptors (Lipinski definition) is 7. The van der Waals surface area contributed by atoms with E-state index in [-0.39, 0.29) is 12.8 Å². The lowest BCUT2D eigenvalue weighted by Crippen LogP contribution is -2.59. The minimum Gasteiger partial charge on any atom is -0.480 e. The zero-order valence-electron chi connectivity index (χ0n) is 19.5. The molecule has 11 heteroatoms. The Morgan fingerprint density at radius 1 is 1.09 bits per heavy atom. The van der Waals surface area contributed by atoms with Crippen LogP contribution in [0.15, 0.2) is 30.3 Å². The summed E-state index contributed by atoms with van der Waals surface area (Å²) in [4.78, 5) is 50.1. The predicted molar refractivity (Wildman–Crippen MR) is 129 cm³/mol. The van der Waals surface area contributed by atoms with Crippen molar-refractivity contribution in [2.45, 2.75) is 62.9 Å². The van der Waals surface area contributed by atoms with E-state index in [1.807, 2.05) is 12.3 Å². The number of carbonyl (C=O) groups is 4. The van der Waals surface area contributed by atoms with Gasteiger partial charge >= 0.3 is 5.97 Å². The molecule has 5 unspecified atom stereocenters. The summed E-state index contributed by atoms with van der Waals surface area (Å²) >= 11 is 1.47. The summed E-state index contributed by atoms with van der Waals surface area (Å²) in [6.45, 7) is 2.08. The maximum Gasteiger partial charge on any atom is 0.326 e. The molecule has 1 fully saturated rings. The van der Waals surface area contributed by atoms with Crippen molar-refractivity contribution >= 4 is 35.5 Å². The Morgan fingerprint density at radius 2 is 1.76 bits per heavy atom. The Balaban J connectivity index is 2.07. The molecule has 34 heavy (non-hydrogen) atoms. The van der Waals surface area contributed by atoms with Crippen LogP contribution in [-0.2, 0) is 25.6 Å². The van der Waals surface area contributed by atoms with Gasteiger partial charge in [0, 0.05) is 6.42 Å². The first-order chi connectivity index (χ1) is 16.2. The molecule has 0 aliphatic carbocycles. The average molecular weight is 495 g/mol. The van der Waals surface area contributed by atoms with Gasteiger partial charge in [-0.2, -0.15) is 11.8 Å². The average Bonchev–Trinajstić information content (AvgIpc) is 3.35. The molecule has 2 rings (SSSR count). The summed E-state index contributed by atoms with van der Waals surface area (Å²) < 4.78 is 0. The van der Waals surface area contributed by atoms with Crippen LogP contribution in [0.3, 0.4) is 0 Å². The summed E-state index contributed by atoms with van der Waals surface area (Å²) in [7, 11) is 0. The maximum absolute atomic E-state index is 13.0. The number of nitrogens with one attached hydrogen (secondary N) is 4. The van der Waals surface area contributed by atoms with Crippen molar-refractivity contribution in [1.29, 1.82) is 0 Å². The molecule has 188 valence electrons. The molecule has 1 heterocycles. The number of carboxylic acids is 1. The second-order valence-corrected chi connectivity index (χ2v) is 9.29. The SMILES string of the molecule is CSCCC(NC(=O)C(NC(=O)C1CCCN1)C(C)O)C(=O)NC(Cc1ccccc1)C(=O)O. The fourth-order valence-electron chi connectivity index (χ4n) is 3.66. The molecule has 1 saturated heterocycles. The first-order valence-corrected chi connectivity index (χ1v) is 12.7. The molecule has 0 spiro atoms. The molecule has 0 bridgehead atoms. The number of aliphatic hydroxyl groups is 1. The normalized spacial score (nSPS) is 18.9. The highest BCUT2D eigenvalue weighted by Gasteiger charge is 2.33. The zero-order valence-corrected chi connectivity index (χ0v) is 20.3. The Kier molecular flexibility index (Phi) is 11.3. The quantitative estimate of drug-likeness (QED) is 0.217. The molecule has 1 aromatic rings. The number of aliphatic hydroxyl groups excluding tert-OH is 1. The summed E-state index contributed by atoms with van der Waals surface area (Å²) in [5.41, 5.74) is 0.748. The van der Waals surface area contributed by atoms with Gasteiger partial charge in [-0.25, -0.2) is 4.79 Å². The predicted octanol–water partition coefficient (Wildman–Crippen LogP) is -0.346. The molecule has 10 nitrogen and oxygen atoms in total. The molecule has 6 N–H and O–H groups in total. The smallest absolute Gasteiger partial charge is 0.326 e. The second kappa shape index (κ2) is 13.9. The molecule has 1 aliphatic heterocycles. The van der Waals surface area contributed by atoms with E-state index in [9.17, 15) is 29.4 Å². The molecule has 0 saturated carbocycles. The van der Waals surface area contributed by atoms with E-state index in [1.165, 1.54) is 18.7 Å². The maximum atomic E-state index is 13.0. The van der Waals surface area contributed by atoms with Gasteiger partial charge in [-0.1, -0.05) is 30.3 Å². The molecule has 3 amide bonds. The number of rotatable bonds is 13. The van der Waals surface area contributed by atoms with Gasteiger partial charge in [-0.05, 0) is 50.3 Å². The van der Waals surface area contributed by atoms with Gasteiger partial charge in [0.05, 0.1) is 12.1 Å². The fraction of sp³-hybridized carbons (Fsp3) is 0.565. The molecule has 5 atom stereocenters. The van der Waals surface area contributed by atoms with Gasteiger partial charge in [0.15, 0.2) is 0 Å². The minimum absolute atomic E-state index is 0.0891. The van der Waals surface area contributed by atoms with Crippen LogP contribution in [0.4, 0.5) is 0 Å². The van der Waals surface area contributed by atoms with E-state index in [2.05, 4.69) is 21.3 Å². The van der Waals surface area contributed by atoms with Crippen molar-refractivity contribution in [2.75, 3.05) is 18.6 Å². The number of thioether (sulfide) groups is 1. The number of benzene rings is 1. The summed E-state index contributed by atoms with van der Waals surface area (Å²) in [5.74, 6) is -2.40. The van der Waals surface area contributed by atoms with E-state index < -0.39 is 54.0 Å². The summed E-state index contributed by atoms with van der Waals surface area (Å²) in [5, 5.41) is 30.4. The van der Waals surface area contributed by atoms with Gasteiger partial charge in [0.1, 0.15) is 18.1 Å². The molecule has 1 aromatic carbocycles. The van der Waals surface area contributed by atoms with Gasteiger partial charge in [0.25, 0.3) is 0 Å². The standard InChI is InChI=1S/C23H34N4O6S/c1-14(28)19(27-20(29)16-9-6-11-24-16)22(31)25-17(10-12-34-2)21(30)26-18(23(32)33)13-15-7-4-3-5-8-15/h3-5,7-8,14,16-19,24,28H,6,9-13H2,1-2H3,(H,25,31)(H,26,30)(H,27,29)(H,32,33). The Labute approximate surface area is 203 Å². The molecule has 0 radical (unpaired) electrons. The van der Waals surface area contributed by atoms with Gasteiger partial charge in [-0.15, -0.1) is 0 Å². The first kappa shape index (κ1) is 27.6. The van der Waals surface area contributed by atoms with E-state index >= 15 is 0 Å². The van der Waals surface area contributed by atoms with Crippen LogP contribution in [-0.4, -0.2) is 82.7 Å². The zero-order chi connectivity index (χ0) is 25.1. The van der Waals surface area contributed by atoms with Crippen molar-refractivity contribution in [3.8, 4) is 0 Å². The summed E-state index contributed by atoms with van der Waals surface area (Å²) in [6.07, 6.45) is 2.47. The minimum atomic E-state index is -1.25. The molecule has 0 aromatic heterocycles.